The number of hydrogen-bond acceptors (Lipinski definition) is 5. The minimum atomic E-state index is -4.55. The molecule has 170 valence electrons. The second-order valence-electron chi connectivity index (χ2n) is 7.60. The number of aromatic nitrogens is 3. The first-order valence-corrected chi connectivity index (χ1v) is 11.3. The Balaban J connectivity index is 1.40. The van der Waals surface area contributed by atoms with Crippen LogP contribution in [-0.2, 0) is 17.5 Å². The monoisotopic (exact) mass is 483 g/mol. The molecule has 1 aliphatic rings. The highest BCUT2D eigenvalue weighted by Gasteiger charge is 2.33. The lowest BCUT2D eigenvalue weighted by Crippen LogP contribution is -2.50. The molecule has 0 aliphatic carbocycles. The van der Waals surface area contributed by atoms with Gasteiger partial charge in [0.05, 0.1) is 15.8 Å². The van der Waals surface area contributed by atoms with Crippen LogP contribution in [-0.4, -0.2) is 61.7 Å². The van der Waals surface area contributed by atoms with Gasteiger partial charge in [-0.05, 0) is 18.6 Å². The Morgan fingerprint density at radius 2 is 1.84 bits per heavy atom. The summed E-state index contributed by atoms with van der Waals surface area (Å²) in [5.41, 5.74) is 0.452. The van der Waals surface area contributed by atoms with E-state index >= 15 is 0 Å². The number of rotatable bonds is 5. The Kier molecular flexibility index (Phi) is 6.64. The van der Waals surface area contributed by atoms with E-state index in [1.807, 2.05) is 18.2 Å². The van der Waals surface area contributed by atoms with Crippen LogP contribution >= 0.6 is 23.4 Å². The Morgan fingerprint density at radius 1 is 1.16 bits per heavy atom. The summed E-state index contributed by atoms with van der Waals surface area (Å²) in [6.45, 7) is 5.27. The first kappa shape index (κ1) is 22.9. The average Bonchev–Trinajstić information content (AvgIpc) is 3.17. The predicted octanol–water partition coefficient (Wildman–Crippen LogP) is 4.23. The molecule has 4 rings (SSSR count). The van der Waals surface area contributed by atoms with Crippen molar-refractivity contribution in [1.82, 2.24) is 24.4 Å². The zero-order valence-corrected chi connectivity index (χ0v) is 18.8. The van der Waals surface area contributed by atoms with E-state index in [1.54, 1.807) is 11.8 Å². The molecular formula is C21H21ClF3N5OS. The molecule has 1 aliphatic heterocycles. The van der Waals surface area contributed by atoms with Crippen molar-refractivity contribution in [3.8, 4) is 0 Å². The van der Waals surface area contributed by atoms with Crippen molar-refractivity contribution >= 4 is 34.9 Å². The summed E-state index contributed by atoms with van der Waals surface area (Å²) < 4.78 is 40.6. The van der Waals surface area contributed by atoms with Gasteiger partial charge in [-0.2, -0.15) is 13.2 Å². The van der Waals surface area contributed by atoms with Gasteiger partial charge in [-0.15, -0.1) is 10.2 Å². The third-order valence-corrected chi connectivity index (χ3v) is 6.64. The largest absolute Gasteiger partial charge is 0.417 e. The molecule has 1 amide bonds. The predicted molar refractivity (Wildman–Crippen MR) is 117 cm³/mol. The van der Waals surface area contributed by atoms with E-state index in [4.69, 9.17) is 11.6 Å². The van der Waals surface area contributed by atoms with Gasteiger partial charge in [0.15, 0.2) is 10.8 Å². The number of piperazine rings is 1. The number of carbonyl (C=O) groups is 1. The van der Waals surface area contributed by atoms with Crippen molar-refractivity contribution < 1.29 is 18.0 Å². The molecule has 1 atom stereocenters. The molecule has 2 aromatic heterocycles. The average molecular weight is 484 g/mol. The quantitative estimate of drug-likeness (QED) is 0.508. The maximum atomic E-state index is 13.2. The topological polar surface area (TPSA) is 53.7 Å². The van der Waals surface area contributed by atoms with Crippen molar-refractivity contribution in [1.29, 1.82) is 0 Å². The number of benzene rings is 1. The lowest BCUT2D eigenvalue weighted by Gasteiger charge is -2.35. The minimum absolute atomic E-state index is 0.0795. The fourth-order valence-electron chi connectivity index (χ4n) is 3.60. The van der Waals surface area contributed by atoms with Crippen molar-refractivity contribution in [3.63, 3.8) is 0 Å². The molecule has 0 radical (unpaired) electrons. The molecule has 11 heteroatoms. The van der Waals surface area contributed by atoms with Crippen molar-refractivity contribution in [3.05, 3.63) is 58.7 Å². The molecule has 0 saturated carbocycles. The number of amides is 1. The molecular weight excluding hydrogens is 463 g/mol. The Hall–Kier alpha value is -2.30. The maximum absolute atomic E-state index is 13.2. The summed E-state index contributed by atoms with van der Waals surface area (Å²) in [4.78, 5) is 17.0. The van der Waals surface area contributed by atoms with Crippen LogP contribution in [0.15, 0.2) is 47.8 Å². The highest BCUT2D eigenvalue weighted by Crippen LogP contribution is 2.34. The zero-order chi connectivity index (χ0) is 22.9. The van der Waals surface area contributed by atoms with Gasteiger partial charge < -0.3 is 4.90 Å². The Morgan fingerprint density at radius 3 is 2.50 bits per heavy atom. The third-order valence-electron chi connectivity index (χ3n) is 5.32. The molecule has 3 heterocycles. The van der Waals surface area contributed by atoms with Crippen LogP contribution in [0.4, 0.5) is 13.2 Å². The fourth-order valence-corrected chi connectivity index (χ4v) is 4.76. The second kappa shape index (κ2) is 9.29. The maximum Gasteiger partial charge on any atom is 0.417 e. The molecule has 0 spiro atoms. The zero-order valence-electron chi connectivity index (χ0n) is 17.2. The molecule has 0 N–H and O–H groups in total. The summed E-state index contributed by atoms with van der Waals surface area (Å²) >= 11 is 7.03. The van der Waals surface area contributed by atoms with Crippen LogP contribution in [0, 0.1) is 0 Å². The van der Waals surface area contributed by atoms with Gasteiger partial charge in [-0.3, -0.25) is 14.1 Å². The lowest BCUT2D eigenvalue weighted by atomic mass is 10.2. The number of nitrogens with zero attached hydrogens (tertiary/aromatic N) is 5. The van der Waals surface area contributed by atoms with E-state index < -0.39 is 17.0 Å². The highest BCUT2D eigenvalue weighted by atomic mass is 35.5. The number of fused-ring (bicyclic) bond motifs is 1. The molecule has 6 nitrogen and oxygen atoms in total. The van der Waals surface area contributed by atoms with Gasteiger partial charge in [0, 0.05) is 38.9 Å². The van der Waals surface area contributed by atoms with Gasteiger partial charge >= 0.3 is 6.18 Å². The lowest BCUT2D eigenvalue weighted by molar-refractivity contribution is -0.138. The summed E-state index contributed by atoms with van der Waals surface area (Å²) in [6, 6.07) is 11.0. The van der Waals surface area contributed by atoms with Crippen LogP contribution in [0.3, 0.4) is 0 Å². The standard InChI is InChI=1S/C21H21ClF3N5OS/c1-14(19(31)29-9-7-28(8-10-29)12-15-5-3-2-4-6-15)32-20-27-26-18-17(22)11-16(13-30(18)20)21(23,24)25/h2-6,11,13-14H,7-10,12H2,1H3/t14-/m1/s1. The molecule has 3 aromatic rings. The van der Waals surface area contributed by atoms with Crippen molar-refractivity contribution in [2.75, 3.05) is 26.2 Å². The molecule has 1 fully saturated rings. The van der Waals surface area contributed by atoms with Crippen molar-refractivity contribution in [2.24, 2.45) is 0 Å². The number of hydrogen-bond donors (Lipinski definition) is 0. The fraction of sp³-hybridized carbons (Fsp3) is 0.381. The van der Waals surface area contributed by atoms with E-state index in [9.17, 15) is 18.0 Å². The van der Waals surface area contributed by atoms with Gasteiger partial charge in [-0.25, -0.2) is 0 Å². The number of carbonyl (C=O) groups excluding carboxylic acids is 1. The number of halogens is 4. The van der Waals surface area contributed by atoms with E-state index in [0.717, 1.165) is 43.7 Å². The number of alkyl halides is 3. The van der Waals surface area contributed by atoms with Crippen LogP contribution < -0.4 is 0 Å². The summed E-state index contributed by atoms with van der Waals surface area (Å²) in [7, 11) is 0. The number of thioether (sulfide) groups is 1. The van der Waals surface area contributed by atoms with Crippen LogP contribution in [0.1, 0.15) is 18.1 Å². The minimum Gasteiger partial charge on any atom is -0.339 e. The second-order valence-corrected chi connectivity index (χ2v) is 9.31. The van der Waals surface area contributed by atoms with E-state index in [1.165, 1.54) is 9.96 Å². The van der Waals surface area contributed by atoms with Gasteiger partial charge in [0.25, 0.3) is 0 Å². The third kappa shape index (κ3) is 5.02. The SMILES string of the molecule is C[C@@H](Sc1nnc2c(Cl)cc(C(F)(F)F)cn12)C(=O)N1CCN(Cc2ccccc2)CC1. The van der Waals surface area contributed by atoms with Gasteiger partial charge in [0.2, 0.25) is 5.91 Å². The summed E-state index contributed by atoms with van der Waals surface area (Å²) in [5.74, 6) is -0.0795. The summed E-state index contributed by atoms with van der Waals surface area (Å²) in [5, 5.41) is 7.34. The molecule has 0 unspecified atom stereocenters. The van der Waals surface area contributed by atoms with E-state index in [2.05, 4.69) is 27.2 Å². The van der Waals surface area contributed by atoms with E-state index in [0.29, 0.717) is 13.1 Å². The smallest absolute Gasteiger partial charge is 0.339 e. The molecule has 32 heavy (non-hydrogen) atoms. The molecule has 1 saturated heterocycles. The Bertz CT molecular complexity index is 1100. The first-order valence-electron chi connectivity index (χ1n) is 10.1. The van der Waals surface area contributed by atoms with E-state index in [-0.39, 0.29) is 21.7 Å². The van der Waals surface area contributed by atoms with Crippen LogP contribution in [0.2, 0.25) is 5.02 Å². The van der Waals surface area contributed by atoms with Crippen LogP contribution in [0.5, 0.6) is 0 Å². The normalized spacial score (nSPS) is 16.5. The summed E-state index contributed by atoms with van der Waals surface area (Å²) in [6.07, 6.45) is -3.64. The highest BCUT2D eigenvalue weighted by molar-refractivity contribution is 8.00. The van der Waals surface area contributed by atoms with Crippen molar-refractivity contribution in [2.45, 2.75) is 30.1 Å². The first-order chi connectivity index (χ1) is 15.2. The number of pyridine rings is 1. The van der Waals surface area contributed by atoms with Gasteiger partial charge in [-0.1, -0.05) is 53.7 Å². The van der Waals surface area contributed by atoms with Gasteiger partial charge in [0.1, 0.15) is 0 Å². The molecule has 0 bridgehead atoms. The molecule has 1 aromatic carbocycles. The van der Waals surface area contributed by atoms with Crippen LogP contribution in [0.25, 0.3) is 5.65 Å². The Labute approximate surface area is 192 Å².